The number of hydrogen-bond acceptors (Lipinski definition) is 4. The predicted molar refractivity (Wildman–Crippen MR) is 116 cm³/mol. The van der Waals surface area contributed by atoms with Gasteiger partial charge in [-0.3, -0.25) is 9.59 Å². The van der Waals surface area contributed by atoms with Crippen LogP contribution < -0.4 is 19.9 Å². The van der Waals surface area contributed by atoms with Crippen molar-refractivity contribution in [3.8, 4) is 5.75 Å². The Kier molecular flexibility index (Phi) is 6.59. The highest BCUT2D eigenvalue weighted by atomic mass is 19.1. The Morgan fingerprint density at radius 2 is 1.90 bits per heavy atom. The highest BCUT2D eigenvalue weighted by Crippen LogP contribution is 2.34. The van der Waals surface area contributed by atoms with Gasteiger partial charge in [0.15, 0.2) is 6.10 Å². The maximum atomic E-state index is 14.4. The third-order valence-corrected chi connectivity index (χ3v) is 5.32. The van der Waals surface area contributed by atoms with E-state index in [0.717, 1.165) is 12.8 Å². The van der Waals surface area contributed by atoms with Crippen molar-refractivity contribution >= 4 is 23.2 Å². The number of para-hydroxylation sites is 2. The standard InChI is InChI=1S/C23H28FN3O3/c1-5-16(6-2)25-22(28)21-14-27(19-9-7-8-10-20(19)30-21)23(29)15-11-12-18(26(3)4)17(24)13-15/h7-13,16,21H,5-6,14H2,1-4H3,(H,25,28). The molecule has 0 saturated heterocycles. The molecule has 0 radical (unpaired) electrons. The lowest BCUT2D eigenvalue weighted by Gasteiger charge is -2.34. The first-order chi connectivity index (χ1) is 14.3. The van der Waals surface area contributed by atoms with E-state index in [1.165, 1.54) is 11.0 Å². The van der Waals surface area contributed by atoms with E-state index in [-0.39, 0.29) is 30.0 Å². The van der Waals surface area contributed by atoms with E-state index >= 15 is 0 Å². The molecule has 30 heavy (non-hydrogen) atoms. The number of benzene rings is 2. The van der Waals surface area contributed by atoms with E-state index in [1.54, 1.807) is 55.4 Å². The minimum Gasteiger partial charge on any atom is -0.477 e. The van der Waals surface area contributed by atoms with E-state index < -0.39 is 11.9 Å². The van der Waals surface area contributed by atoms with Gasteiger partial charge >= 0.3 is 0 Å². The van der Waals surface area contributed by atoms with Crippen LogP contribution in [0.4, 0.5) is 15.8 Å². The lowest BCUT2D eigenvalue weighted by Crippen LogP contribution is -2.52. The van der Waals surface area contributed by atoms with Crippen LogP contribution in [0.2, 0.25) is 0 Å². The zero-order valence-electron chi connectivity index (χ0n) is 17.8. The summed E-state index contributed by atoms with van der Waals surface area (Å²) in [6.45, 7) is 4.07. The quantitative estimate of drug-likeness (QED) is 0.786. The van der Waals surface area contributed by atoms with Crippen LogP contribution in [0.15, 0.2) is 42.5 Å². The molecule has 3 rings (SSSR count). The molecule has 0 aliphatic carbocycles. The molecule has 1 heterocycles. The summed E-state index contributed by atoms with van der Waals surface area (Å²) in [5.74, 6) is -0.664. The van der Waals surface area contributed by atoms with Gasteiger partial charge in [0, 0.05) is 25.7 Å². The van der Waals surface area contributed by atoms with Gasteiger partial charge in [0.25, 0.3) is 11.8 Å². The van der Waals surface area contributed by atoms with Crippen LogP contribution in [0.3, 0.4) is 0 Å². The van der Waals surface area contributed by atoms with E-state index in [4.69, 9.17) is 4.74 Å². The average Bonchev–Trinajstić information content (AvgIpc) is 2.75. The molecule has 0 spiro atoms. The topological polar surface area (TPSA) is 61.9 Å². The van der Waals surface area contributed by atoms with Crippen LogP contribution in [0.25, 0.3) is 0 Å². The molecular formula is C23H28FN3O3. The van der Waals surface area contributed by atoms with Crippen LogP contribution in [0, 0.1) is 5.82 Å². The Balaban J connectivity index is 1.90. The first-order valence-corrected chi connectivity index (χ1v) is 10.2. The van der Waals surface area contributed by atoms with Crippen molar-refractivity contribution in [1.82, 2.24) is 5.32 Å². The van der Waals surface area contributed by atoms with Crippen LogP contribution in [-0.2, 0) is 4.79 Å². The Bertz CT molecular complexity index is 928. The second-order valence-electron chi connectivity index (χ2n) is 7.57. The molecule has 0 aromatic heterocycles. The minimum absolute atomic E-state index is 0.0510. The first-order valence-electron chi connectivity index (χ1n) is 10.2. The highest BCUT2D eigenvalue weighted by molar-refractivity contribution is 6.08. The van der Waals surface area contributed by atoms with Crippen molar-refractivity contribution in [3.05, 3.63) is 53.8 Å². The summed E-state index contributed by atoms with van der Waals surface area (Å²) in [7, 11) is 3.47. The van der Waals surface area contributed by atoms with Gasteiger partial charge in [-0.05, 0) is 43.2 Å². The molecule has 2 aromatic rings. The number of carbonyl (C=O) groups is 2. The van der Waals surface area contributed by atoms with Gasteiger partial charge in [0.1, 0.15) is 11.6 Å². The van der Waals surface area contributed by atoms with Crippen molar-refractivity contribution in [1.29, 1.82) is 0 Å². The number of fused-ring (bicyclic) bond motifs is 1. The monoisotopic (exact) mass is 413 g/mol. The maximum Gasteiger partial charge on any atom is 0.263 e. The highest BCUT2D eigenvalue weighted by Gasteiger charge is 2.34. The van der Waals surface area contributed by atoms with Gasteiger partial charge in [0.05, 0.1) is 17.9 Å². The number of nitrogens with one attached hydrogen (secondary N) is 1. The first kappa shape index (κ1) is 21.6. The second-order valence-corrected chi connectivity index (χ2v) is 7.57. The Labute approximate surface area is 176 Å². The molecule has 1 N–H and O–H groups in total. The molecule has 6 nitrogen and oxygen atoms in total. The van der Waals surface area contributed by atoms with Gasteiger partial charge in [-0.15, -0.1) is 0 Å². The SMILES string of the molecule is CCC(CC)NC(=O)C1CN(C(=O)c2ccc(N(C)C)c(F)c2)c2ccccc2O1. The number of hydrogen-bond donors (Lipinski definition) is 1. The fourth-order valence-electron chi connectivity index (χ4n) is 3.51. The van der Waals surface area contributed by atoms with Gasteiger partial charge in [-0.25, -0.2) is 4.39 Å². The zero-order valence-corrected chi connectivity index (χ0v) is 17.8. The summed E-state index contributed by atoms with van der Waals surface area (Å²) >= 11 is 0. The van der Waals surface area contributed by atoms with E-state index in [2.05, 4.69) is 5.32 Å². The van der Waals surface area contributed by atoms with Crippen molar-refractivity contribution in [3.63, 3.8) is 0 Å². The summed E-state index contributed by atoms with van der Waals surface area (Å²) in [6.07, 6.45) is 0.785. The number of nitrogens with zero attached hydrogens (tertiary/aromatic N) is 2. The predicted octanol–water partition coefficient (Wildman–Crippen LogP) is 3.60. The largest absolute Gasteiger partial charge is 0.477 e. The minimum atomic E-state index is -0.838. The Morgan fingerprint density at radius 3 is 2.53 bits per heavy atom. The molecule has 0 fully saturated rings. The number of ether oxygens (including phenoxy) is 1. The summed E-state index contributed by atoms with van der Waals surface area (Å²) < 4.78 is 20.3. The van der Waals surface area contributed by atoms with Gasteiger partial charge in [-0.2, -0.15) is 0 Å². The van der Waals surface area contributed by atoms with Gasteiger partial charge < -0.3 is 19.9 Å². The van der Waals surface area contributed by atoms with Crippen LogP contribution in [0.5, 0.6) is 5.75 Å². The number of anilines is 2. The molecule has 0 saturated carbocycles. The molecule has 1 atom stereocenters. The number of rotatable bonds is 6. The summed E-state index contributed by atoms with van der Waals surface area (Å²) in [5, 5.41) is 2.98. The third kappa shape index (κ3) is 4.40. The van der Waals surface area contributed by atoms with Crippen LogP contribution >= 0.6 is 0 Å². The zero-order chi connectivity index (χ0) is 21.8. The maximum absolute atomic E-state index is 14.4. The summed E-state index contributed by atoms with van der Waals surface area (Å²) in [4.78, 5) is 29.2. The van der Waals surface area contributed by atoms with Gasteiger partial charge in [-0.1, -0.05) is 26.0 Å². The molecule has 2 aromatic carbocycles. The van der Waals surface area contributed by atoms with Crippen LogP contribution in [0.1, 0.15) is 37.0 Å². The Hall–Kier alpha value is -3.09. The molecule has 2 amide bonds. The fraction of sp³-hybridized carbons (Fsp3) is 0.391. The van der Waals surface area contributed by atoms with Crippen LogP contribution in [-0.4, -0.2) is 44.6 Å². The van der Waals surface area contributed by atoms with Crippen molar-refractivity contribution in [2.24, 2.45) is 0 Å². The summed E-state index contributed by atoms with van der Waals surface area (Å²) in [5.41, 5.74) is 1.18. The van der Waals surface area contributed by atoms with Crippen molar-refractivity contribution in [2.75, 3.05) is 30.4 Å². The van der Waals surface area contributed by atoms with Crippen molar-refractivity contribution in [2.45, 2.75) is 38.8 Å². The smallest absolute Gasteiger partial charge is 0.263 e. The second kappa shape index (κ2) is 9.15. The molecule has 160 valence electrons. The molecule has 0 bridgehead atoms. The number of amides is 2. The average molecular weight is 413 g/mol. The Morgan fingerprint density at radius 1 is 1.20 bits per heavy atom. The molecule has 1 aliphatic heterocycles. The van der Waals surface area contributed by atoms with E-state index in [0.29, 0.717) is 17.1 Å². The molecule has 1 aliphatic rings. The van der Waals surface area contributed by atoms with E-state index in [9.17, 15) is 14.0 Å². The van der Waals surface area contributed by atoms with Crippen molar-refractivity contribution < 1.29 is 18.7 Å². The molecular weight excluding hydrogens is 385 g/mol. The third-order valence-electron chi connectivity index (χ3n) is 5.32. The normalized spacial score (nSPS) is 15.4. The summed E-state index contributed by atoms with van der Waals surface area (Å²) in [6, 6.07) is 11.5. The number of halogens is 1. The van der Waals surface area contributed by atoms with E-state index in [1.807, 2.05) is 13.8 Å². The fourth-order valence-corrected chi connectivity index (χ4v) is 3.51. The number of carbonyl (C=O) groups excluding carboxylic acids is 2. The molecule has 1 unspecified atom stereocenters. The van der Waals surface area contributed by atoms with Gasteiger partial charge in [0.2, 0.25) is 0 Å². The lowest BCUT2D eigenvalue weighted by molar-refractivity contribution is -0.128. The molecule has 7 heteroatoms. The lowest BCUT2D eigenvalue weighted by atomic mass is 10.1.